The summed E-state index contributed by atoms with van der Waals surface area (Å²) in [6.45, 7) is 8.50. The van der Waals surface area contributed by atoms with Crippen LogP contribution in [0.15, 0.2) is 23.5 Å². The Morgan fingerprint density at radius 3 is 2.12 bits per heavy atom. The van der Waals surface area contributed by atoms with Crippen LogP contribution in [0.2, 0.25) is 0 Å². The van der Waals surface area contributed by atoms with Gasteiger partial charge >= 0.3 is 11.9 Å². The molecule has 96 valence electrons. The van der Waals surface area contributed by atoms with Crippen molar-refractivity contribution in [3.05, 3.63) is 23.5 Å². The van der Waals surface area contributed by atoms with Crippen molar-refractivity contribution in [1.82, 2.24) is 0 Å². The van der Waals surface area contributed by atoms with E-state index in [2.05, 4.69) is 6.58 Å². The lowest BCUT2D eigenvalue weighted by Gasteiger charge is -2.08. The molecule has 0 aliphatic heterocycles. The van der Waals surface area contributed by atoms with Gasteiger partial charge in [-0.05, 0) is 20.8 Å². The smallest absolute Gasteiger partial charge is 0.338 e. The highest BCUT2D eigenvalue weighted by Gasteiger charge is 2.13. The van der Waals surface area contributed by atoms with Crippen LogP contribution in [-0.2, 0) is 23.8 Å². The first-order valence-corrected chi connectivity index (χ1v) is 5.11. The summed E-state index contributed by atoms with van der Waals surface area (Å²) in [5, 5.41) is 0. The summed E-state index contributed by atoms with van der Waals surface area (Å²) in [6, 6.07) is 0. The first kappa shape index (κ1) is 15.4. The molecule has 0 unspecified atom stereocenters. The fraction of sp³-hybridized carbons (Fsp3) is 0.500. The van der Waals surface area contributed by atoms with Gasteiger partial charge in [0.2, 0.25) is 0 Å². The number of carbonyl (C=O) groups is 2. The van der Waals surface area contributed by atoms with Gasteiger partial charge in [0.25, 0.3) is 0 Å². The van der Waals surface area contributed by atoms with Gasteiger partial charge in [-0.3, -0.25) is 0 Å². The first-order chi connectivity index (χ1) is 7.90. The Hall–Kier alpha value is -1.62. The fourth-order valence-corrected chi connectivity index (χ4v) is 0.772. The number of esters is 2. The Labute approximate surface area is 101 Å². The predicted octanol–water partition coefficient (Wildman–Crippen LogP) is 1.59. The van der Waals surface area contributed by atoms with Crippen molar-refractivity contribution in [2.45, 2.75) is 20.8 Å². The van der Waals surface area contributed by atoms with E-state index in [4.69, 9.17) is 14.2 Å². The van der Waals surface area contributed by atoms with Gasteiger partial charge in [0.05, 0.1) is 12.2 Å². The van der Waals surface area contributed by atoms with Gasteiger partial charge in [-0.15, -0.1) is 0 Å². The topological polar surface area (TPSA) is 61.8 Å². The van der Waals surface area contributed by atoms with Gasteiger partial charge in [0.1, 0.15) is 12.4 Å². The highest BCUT2D eigenvalue weighted by molar-refractivity contribution is 5.91. The summed E-state index contributed by atoms with van der Waals surface area (Å²) >= 11 is 0. The van der Waals surface area contributed by atoms with Gasteiger partial charge in [-0.2, -0.15) is 0 Å². The Balaban J connectivity index is 4.42. The molecule has 0 atom stereocenters. The minimum atomic E-state index is -0.563. The summed E-state index contributed by atoms with van der Waals surface area (Å²) in [5.41, 5.74) is 0.514. The van der Waals surface area contributed by atoms with Gasteiger partial charge in [-0.25, -0.2) is 9.59 Å². The molecule has 5 heteroatoms. The second kappa shape index (κ2) is 7.62. The Morgan fingerprint density at radius 1 is 1.06 bits per heavy atom. The molecule has 0 spiro atoms. The van der Waals surface area contributed by atoms with Crippen LogP contribution in [0.4, 0.5) is 0 Å². The Morgan fingerprint density at radius 2 is 1.65 bits per heavy atom. The molecule has 0 aliphatic rings. The third-order valence-corrected chi connectivity index (χ3v) is 1.95. The molecule has 0 aliphatic carbocycles. The van der Waals surface area contributed by atoms with Gasteiger partial charge in [0.15, 0.2) is 0 Å². The summed E-state index contributed by atoms with van der Waals surface area (Å²) in [6.07, 6.45) is 0. The first-order valence-electron chi connectivity index (χ1n) is 5.11. The van der Waals surface area contributed by atoms with Crippen molar-refractivity contribution < 1.29 is 23.8 Å². The molecule has 0 amide bonds. The number of carbonyl (C=O) groups excluding carboxylic acids is 2. The summed E-state index contributed by atoms with van der Waals surface area (Å²) in [5.74, 6) is -0.888. The molecule has 0 rings (SSSR count). The monoisotopic (exact) mass is 242 g/mol. The highest BCUT2D eigenvalue weighted by Crippen LogP contribution is 2.09. The largest absolute Gasteiger partial charge is 0.460 e. The number of rotatable bonds is 6. The standard InChI is InChI=1S/C12H18O5/c1-8(2)11(13)17-10(4)9(3)12(14)16-7-6-15-5/h1,6-7H2,2-5H3. The van der Waals surface area contributed by atoms with Gasteiger partial charge < -0.3 is 14.2 Å². The normalized spacial score (nSPS) is 11.5. The van der Waals surface area contributed by atoms with Crippen molar-refractivity contribution in [2.24, 2.45) is 0 Å². The highest BCUT2D eigenvalue weighted by atomic mass is 16.6. The van der Waals surface area contributed by atoms with Crippen molar-refractivity contribution in [3.8, 4) is 0 Å². The minimum Gasteiger partial charge on any atom is -0.460 e. The Bertz CT molecular complexity index is 341. The minimum absolute atomic E-state index is 0.161. The van der Waals surface area contributed by atoms with Crippen LogP contribution in [-0.4, -0.2) is 32.3 Å². The van der Waals surface area contributed by atoms with Crippen LogP contribution >= 0.6 is 0 Å². The number of hydrogen-bond donors (Lipinski definition) is 0. The molecular weight excluding hydrogens is 224 g/mol. The summed E-state index contributed by atoms with van der Waals surface area (Å²) in [7, 11) is 1.51. The maximum atomic E-state index is 11.5. The zero-order valence-electron chi connectivity index (χ0n) is 10.7. The molecule has 0 saturated carbocycles. The molecule has 0 aromatic heterocycles. The molecule has 0 fully saturated rings. The summed E-state index contributed by atoms with van der Waals surface area (Å²) < 4.78 is 14.5. The van der Waals surface area contributed by atoms with Crippen LogP contribution in [0.25, 0.3) is 0 Å². The lowest BCUT2D eigenvalue weighted by Crippen LogP contribution is -2.13. The predicted molar refractivity (Wildman–Crippen MR) is 62.1 cm³/mol. The van der Waals surface area contributed by atoms with Crippen molar-refractivity contribution >= 4 is 11.9 Å². The van der Waals surface area contributed by atoms with Crippen LogP contribution in [0.1, 0.15) is 20.8 Å². The third kappa shape index (κ3) is 5.87. The quantitative estimate of drug-likeness (QED) is 0.306. The van der Waals surface area contributed by atoms with E-state index in [9.17, 15) is 9.59 Å². The van der Waals surface area contributed by atoms with Crippen LogP contribution in [0, 0.1) is 0 Å². The van der Waals surface area contributed by atoms with E-state index in [1.807, 2.05) is 0 Å². The molecule has 0 aromatic carbocycles. The molecular formula is C12H18O5. The van der Waals surface area contributed by atoms with Crippen molar-refractivity contribution in [3.63, 3.8) is 0 Å². The molecule has 0 radical (unpaired) electrons. The SMILES string of the molecule is C=C(C)C(=O)OC(C)=C(C)C(=O)OCCOC. The van der Waals surface area contributed by atoms with Crippen molar-refractivity contribution in [2.75, 3.05) is 20.3 Å². The number of allylic oxidation sites excluding steroid dienone is 1. The molecule has 0 saturated heterocycles. The average molecular weight is 242 g/mol. The number of methoxy groups -OCH3 is 1. The van der Waals surface area contributed by atoms with E-state index < -0.39 is 11.9 Å². The van der Waals surface area contributed by atoms with Crippen LogP contribution in [0.3, 0.4) is 0 Å². The third-order valence-electron chi connectivity index (χ3n) is 1.95. The molecule has 0 aromatic rings. The lowest BCUT2D eigenvalue weighted by molar-refractivity contribution is -0.140. The van der Waals surface area contributed by atoms with Gasteiger partial charge in [-0.1, -0.05) is 6.58 Å². The lowest BCUT2D eigenvalue weighted by atomic mass is 10.2. The second-order valence-electron chi connectivity index (χ2n) is 3.48. The second-order valence-corrected chi connectivity index (χ2v) is 3.48. The van der Waals surface area contributed by atoms with Gasteiger partial charge in [0, 0.05) is 12.7 Å². The maximum Gasteiger partial charge on any atom is 0.338 e. The fourth-order valence-electron chi connectivity index (χ4n) is 0.772. The zero-order valence-corrected chi connectivity index (χ0v) is 10.7. The van der Waals surface area contributed by atoms with E-state index in [1.54, 1.807) is 0 Å². The van der Waals surface area contributed by atoms with E-state index in [0.29, 0.717) is 6.61 Å². The van der Waals surface area contributed by atoms with E-state index in [1.165, 1.54) is 27.9 Å². The van der Waals surface area contributed by atoms with Crippen LogP contribution < -0.4 is 0 Å². The number of ether oxygens (including phenoxy) is 3. The number of hydrogen-bond acceptors (Lipinski definition) is 5. The molecule has 17 heavy (non-hydrogen) atoms. The average Bonchev–Trinajstić information content (AvgIpc) is 2.27. The molecule has 0 N–H and O–H groups in total. The molecule has 0 heterocycles. The molecule has 0 bridgehead atoms. The van der Waals surface area contributed by atoms with Crippen LogP contribution in [0.5, 0.6) is 0 Å². The van der Waals surface area contributed by atoms with E-state index in [0.717, 1.165) is 0 Å². The van der Waals surface area contributed by atoms with Crippen molar-refractivity contribution in [1.29, 1.82) is 0 Å². The Kier molecular flexibility index (Phi) is 6.89. The summed E-state index contributed by atoms with van der Waals surface area (Å²) in [4.78, 5) is 22.7. The maximum absolute atomic E-state index is 11.5. The van der Waals surface area contributed by atoms with E-state index >= 15 is 0 Å². The molecule has 5 nitrogen and oxygen atoms in total. The van der Waals surface area contributed by atoms with E-state index in [-0.39, 0.29) is 23.5 Å². The zero-order chi connectivity index (χ0) is 13.4.